The minimum Gasteiger partial charge on any atom is -0.504 e. The molecule has 4 atom stereocenters. The number of piperazine rings is 1. The van der Waals surface area contributed by atoms with E-state index in [4.69, 9.17) is 18.9 Å². The Kier molecular flexibility index (Phi) is 15.7. The largest absolute Gasteiger partial charge is 0.504 e. The highest BCUT2D eigenvalue weighted by molar-refractivity contribution is 8.46. The van der Waals surface area contributed by atoms with E-state index in [2.05, 4.69) is 55.8 Å². The molecule has 6 aromatic rings. The summed E-state index contributed by atoms with van der Waals surface area (Å²) >= 11 is 0. The molecule has 2 unspecified atom stereocenters. The topological polar surface area (TPSA) is 147 Å². The zero-order valence-electron chi connectivity index (χ0n) is 41.2. The lowest BCUT2D eigenvalue weighted by molar-refractivity contribution is -0.117. The van der Waals surface area contributed by atoms with Crippen LogP contribution in [-0.2, 0) is 21.6 Å². The van der Waals surface area contributed by atoms with Gasteiger partial charge in [-0.1, -0.05) is 61.4 Å². The Balaban J connectivity index is 0.840. The van der Waals surface area contributed by atoms with Gasteiger partial charge < -0.3 is 48.6 Å². The maximum absolute atomic E-state index is 15.1. The monoisotopic (exact) mass is 1010 g/mol. The third-order valence-corrected chi connectivity index (χ3v) is 17.0. The number of halogens is 2. The minimum atomic E-state index is -2.39. The van der Waals surface area contributed by atoms with E-state index in [1.807, 2.05) is 67.3 Å². The number of carbonyl (C=O) groups is 1. The molecule has 0 spiro atoms. The van der Waals surface area contributed by atoms with Gasteiger partial charge in [-0.05, 0) is 117 Å². The van der Waals surface area contributed by atoms with E-state index < -0.39 is 33.7 Å². The Bertz CT molecular complexity index is 2730. The van der Waals surface area contributed by atoms with Gasteiger partial charge >= 0.3 is 0 Å². The van der Waals surface area contributed by atoms with Crippen LogP contribution in [-0.4, -0.2) is 99.2 Å². The minimum absolute atomic E-state index is 0.00833. The lowest BCUT2D eigenvalue weighted by atomic mass is 9.94. The van der Waals surface area contributed by atoms with Gasteiger partial charge in [0.05, 0.1) is 25.8 Å². The fraction of sp³-hybridized carbons (Fsp3) is 0.400. The van der Waals surface area contributed by atoms with Crippen molar-refractivity contribution < 1.29 is 42.7 Å². The fourth-order valence-electron chi connectivity index (χ4n) is 9.91. The summed E-state index contributed by atoms with van der Waals surface area (Å²) in [5.74, 6) is 0.0474. The number of nitrogens with one attached hydrogen (secondary N) is 1. The van der Waals surface area contributed by atoms with Crippen molar-refractivity contribution in [1.29, 1.82) is 0 Å². The van der Waals surface area contributed by atoms with Gasteiger partial charge in [-0.15, -0.1) is 0 Å². The molecule has 5 aromatic carbocycles. The molecule has 0 saturated carbocycles. The average Bonchev–Trinajstić information content (AvgIpc) is 4.13. The number of ether oxygens (including phenoxy) is 4. The number of aromatic nitrogens is 3. The molecule has 3 aliphatic rings. The van der Waals surface area contributed by atoms with Crippen LogP contribution in [0.25, 0.3) is 0 Å². The highest BCUT2D eigenvalue weighted by Crippen LogP contribution is 2.65. The number of rotatable bonds is 21. The smallest absolute Gasteiger partial charge is 0.286 e. The van der Waals surface area contributed by atoms with Gasteiger partial charge in [0.2, 0.25) is 0 Å². The second kappa shape index (κ2) is 22.5. The van der Waals surface area contributed by atoms with Crippen molar-refractivity contribution in [3.05, 3.63) is 145 Å². The quantitative estimate of drug-likeness (QED) is 0.0466. The summed E-state index contributed by atoms with van der Waals surface area (Å²) in [6.45, 7) is 10.2. The van der Waals surface area contributed by atoms with E-state index in [0.29, 0.717) is 18.1 Å². The van der Waals surface area contributed by atoms with E-state index in [9.17, 15) is 14.6 Å². The molecule has 0 radical (unpaired) electrons. The highest BCUT2D eigenvalue weighted by Gasteiger charge is 2.51. The Hall–Kier alpha value is -6.56. The van der Waals surface area contributed by atoms with Crippen LogP contribution >= 0.6 is 10.2 Å². The van der Waals surface area contributed by atoms with Crippen LogP contribution in [0, 0.1) is 11.6 Å². The number of aromatic hydroxyl groups is 2. The molecule has 382 valence electrons. The Morgan fingerprint density at radius 2 is 1.47 bits per heavy atom. The molecule has 3 aliphatic heterocycles. The van der Waals surface area contributed by atoms with Gasteiger partial charge in [0.1, 0.15) is 48.0 Å². The van der Waals surface area contributed by atoms with Crippen LogP contribution in [0.3, 0.4) is 0 Å². The lowest BCUT2D eigenvalue weighted by Gasteiger charge is -2.38. The molecule has 1 aromatic heterocycles. The Labute approximate surface area is 421 Å². The molecule has 4 heterocycles. The third kappa shape index (κ3) is 11.2. The van der Waals surface area contributed by atoms with Crippen molar-refractivity contribution in [1.82, 2.24) is 19.7 Å². The molecule has 3 saturated heterocycles. The van der Waals surface area contributed by atoms with Gasteiger partial charge in [-0.25, -0.2) is 18.4 Å². The van der Waals surface area contributed by atoms with Crippen LogP contribution in [0.4, 0.5) is 30.6 Å². The van der Waals surface area contributed by atoms with E-state index in [1.54, 1.807) is 12.1 Å². The summed E-state index contributed by atoms with van der Waals surface area (Å²) in [4.78, 5) is 26.6. The van der Waals surface area contributed by atoms with Crippen molar-refractivity contribution >= 4 is 32.5 Å². The van der Waals surface area contributed by atoms with Gasteiger partial charge in [-0.3, -0.25) is 4.79 Å². The number of amides is 1. The molecule has 1 amide bonds. The second-order valence-electron chi connectivity index (χ2n) is 19.0. The van der Waals surface area contributed by atoms with Crippen LogP contribution in [0.5, 0.6) is 23.0 Å². The maximum atomic E-state index is 15.1. The molecule has 3 fully saturated rings. The zero-order valence-corrected chi connectivity index (χ0v) is 42.0. The number of benzene rings is 5. The molecule has 0 bridgehead atoms. The number of anilines is 3. The Morgan fingerprint density at radius 1 is 0.806 bits per heavy atom. The first-order chi connectivity index (χ1) is 34.9. The molecule has 72 heavy (non-hydrogen) atoms. The first kappa shape index (κ1) is 50.4. The number of hydrogen-bond acceptors (Lipinski definition) is 12. The number of carbonyl (C=O) groups excluding carboxylic acids is 1. The van der Waals surface area contributed by atoms with E-state index in [-0.39, 0.29) is 54.1 Å². The molecular formula is C55H65F2N7O7S. The van der Waals surface area contributed by atoms with Crippen molar-refractivity contribution in [3.8, 4) is 23.0 Å². The summed E-state index contributed by atoms with van der Waals surface area (Å²) in [6.07, 6.45) is 9.23. The number of phenols is 2. The van der Waals surface area contributed by atoms with Gasteiger partial charge in [0.25, 0.3) is 5.24 Å². The van der Waals surface area contributed by atoms with E-state index in [0.717, 1.165) is 78.4 Å². The molecule has 3 N–H and O–H groups in total. The third-order valence-electron chi connectivity index (χ3n) is 13.7. The van der Waals surface area contributed by atoms with Crippen LogP contribution in [0.2, 0.25) is 0 Å². The highest BCUT2D eigenvalue weighted by atomic mass is 32.3. The van der Waals surface area contributed by atoms with Gasteiger partial charge in [-0.2, -0.15) is 5.10 Å². The first-order valence-electron chi connectivity index (χ1n) is 25.0. The SMILES string of the molecule is CCCCCCCCOc1ccc(NS2(c3ccc(N4CCN(c5ccc(OC[C@H]6OC[C@](Cn7cncn7)(c7ccc(F)cc7F)O6)cc5)CC4)cc3)CC(c3ccc(O)c(O)c3)N(C(C)C)C2=O)cc1. The first-order valence-corrected chi connectivity index (χ1v) is 26.8. The predicted octanol–water partition coefficient (Wildman–Crippen LogP) is 11.2. The van der Waals surface area contributed by atoms with Crippen molar-refractivity contribution in [2.75, 3.05) is 66.3 Å². The molecule has 9 rings (SSSR count). The van der Waals surface area contributed by atoms with Gasteiger partial charge in [0.15, 0.2) is 17.8 Å². The summed E-state index contributed by atoms with van der Waals surface area (Å²) in [6, 6.07) is 32.0. The second-order valence-corrected chi connectivity index (χ2v) is 21.9. The van der Waals surface area contributed by atoms with E-state index in [1.165, 1.54) is 61.2 Å². The van der Waals surface area contributed by atoms with Crippen molar-refractivity contribution in [3.63, 3.8) is 0 Å². The number of nitrogens with zero attached hydrogens (tertiary/aromatic N) is 6. The van der Waals surface area contributed by atoms with Crippen molar-refractivity contribution in [2.24, 2.45) is 0 Å². The zero-order chi connectivity index (χ0) is 50.2. The summed E-state index contributed by atoms with van der Waals surface area (Å²) in [5, 5.41) is 24.9. The summed E-state index contributed by atoms with van der Waals surface area (Å²) < 4.78 is 58.7. The van der Waals surface area contributed by atoms with Crippen LogP contribution in [0.1, 0.15) is 76.5 Å². The van der Waals surface area contributed by atoms with Crippen molar-refractivity contribution in [2.45, 2.75) is 94.7 Å². The van der Waals surface area contributed by atoms with Gasteiger partial charge in [0, 0.05) is 71.6 Å². The molecule has 17 heteroatoms. The molecular weight excluding hydrogens is 941 g/mol. The van der Waals surface area contributed by atoms with E-state index >= 15 is 9.18 Å². The molecule has 0 aliphatic carbocycles. The van der Waals surface area contributed by atoms with Crippen LogP contribution < -0.4 is 24.0 Å². The Morgan fingerprint density at radius 3 is 2.12 bits per heavy atom. The molecule has 14 nitrogen and oxygen atoms in total. The standard InChI is InChI=1S/C55H65F2N7O7S/c1-4-5-6-7-8-9-30-68-45-18-12-42(13-19-45)60-72(34-50(64(39(2)3)54(72)67)40-10-25-51(65)52(66)31-40)47-22-16-44(17-23-47)62-28-26-61(27-29-62)43-14-20-46(21-15-43)69-33-53-70-36-55(71-53,35-63-38-58-37-59-63)48-24-11-41(56)32-49(48)57/h10-25,31-32,37-39,50,53,60,65-66H,4-9,26-30,33-36H2,1-3H3/t50?,53-,55+/m0/s1. The summed E-state index contributed by atoms with van der Waals surface area (Å²) in [5.41, 5.74) is 2.61. The number of phenolic OH excluding ortho intramolecular Hbond substituents is 2. The lowest BCUT2D eigenvalue weighted by Crippen LogP contribution is -2.46. The average molecular weight is 1010 g/mol. The maximum Gasteiger partial charge on any atom is 0.286 e. The predicted molar refractivity (Wildman–Crippen MR) is 276 cm³/mol. The fourth-order valence-corrected chi connectivity index (χ4v) is 13.4. The normalized spacial score (nSPS) is 22.1. The number of hydrogen-bond donors (Lipinski definition) is 3. The summed E-state index contributed by atoms with van der Waals surface area (Å²) in [7, 11) is -2.39. The van der Waals surface area contributed by atoms with Crippen LogP contribution in [0.15, 0.2) is 127 Å². The number of unbranched alkanes of at least 4 members (excludes halogenated alkanes) is 5.